The van der Waals surface area contributed by atoms with E-state index in [0.29, 0.717) is 6.42 Å². The van der Waals surface area contributed by atoms with Crippen molar-refractivity contribution in [3.63, 3.8) is 0 Å². The topological polar surface area (TPSA) is 56.7 Å². The molecule has 0 bridgehead atoms. The van der Waals surface area contributed by atoms with Crippen LogP contribution in [0.2, 0.25) is 5.02 Å². The van der Waals surface area contributed by atoms with Crippen LogP contribution in [0.5, 0.6) is 0 Å². The first-order chi connectivity index (χ1) is 8.61. The van der Waals surface area contributed by atoms with Crippen molar-refractivity contribution in [2.75, 3.05) is 0 Å². The molecule has 2 aromatic rings. The molecule has 1 atom stereocenters. The summed E-state index contributed by atoms with van der Waals surface area (Å²) in [6.45, 7) is 4.87. The number of benzene rings is 1. The van der Waals surface area contributed by atoms with E-state index in [1.165, 1.54) is 0 Å². The molecule has 1 aromatic carbocycles. The zero-order valence-electron chi connectivity index (χ0n) is 10.6. The number of rotatable bonds is 4. The largest absolute Gasteiger partial charge is 0.324 e. The fourth-order valence-electron chi connectivity index (χ4n) is 2.07. The predicted octanol–water partition coefficient (Wildman–Crippen LogP) is 2.50. The van der Waals surface area contributed by atoms with Crippen LogP contribution in [-0.2, 0) is 13.0 Å². The molecule has 0 aliphatic carbocycles. The average molecular weight is 265 g/mol. The number of nitrogens with zero attached hydrogens (tertiary/aromatic N) is 3. The zero-order chi connectivity index (χ0) is 13.1. The Morgan fingerprint density at radius 1 is 1.44 bits per heavy atom. The van der Waals surface area contributed by atoms with Crippen LogP contribution in [0.25, 0.3) is 0 Å². The second-order valence-electron chi connectivity index (χ2n) is 4.30. The van der Waals surface area contributed by atoms with Crippen LogP contribution in [0.4, 0.5) is 0 Å². The molecular weight excluding hydrogens is 248 g/mol. The van der Waals surface area contributed by atoms with E-state index in [0.717, 1.165) is 28.5 Å². The minimum atomic E-state index is -0.0863. The van der Waals surface area contributed by atoms with Gasteiger partial charge in [0, 0.05) is 24.0 Å². The van der Waals surface area contributed by atoms with Crippen molar-refractivity contribution in [2.24, 2.45) is 5.73 Å². The third-order valence-corrected chi connectivity index (χ3v) is 3.26. The lowest BCUT2D eigenvalue weighted by molar-refractivity contribution is 0.580. The molecule has 0 aliphatic rings. The highest BCUT2D eigenvalue weighted by Crippen LogP contribution is 2.22. The van der Waals surface area contributed by atoms with Crippen molar-refractivity contribution in [1.82, 2.24) is 14.8 Å². The van der Waals surface area contributed by atoms with E-state index >= 15 is 0 Å². The summed E-state index contributed by atoms with van der Waals surface area (Å²) < 4.78 is 1.87. The molecule has 2 rings (SSSR count). The smallest absolute Gasteiger partial charge is 0.138 e. The van der Waals surface area contributed by atoms with Gasteiger partial charge in [-0.3, -0.25) is 4.68 Å². The lowest BCUT2D eigenvalue weighted by Crippen LogP contribution is -2.17. The van der Waals surface area contributed by atoms with E-state index in [9.17, 15) is 0 Å². The van der Waals surface area contributed by atoms with E-state index in [1.54, 1.807) is 6.33 Å². The Hall–Kier alpha value is -1.39. The normalized spacial score (nSPS) is 12.7. The summed E-state index contributed by atoms with van der Waals surface area (Å²) in [6, 6.07) is 5.70. The standard InChI is InChI=1S/C13H17ClN4/c1-3-18-13(16-8-17-18)7-12(15)11-5-4-10(14)6-9(11)2/h4-6,8,12H,3,7,15H2,1-2H3. The second kappa shape index (κ2) is 5.50. The van der Waals surface area contributed by atoms with Crippen molar-refractivity contribution in [1.29, 1.82) is 0 Å². The SMILES string of the molecule is CCn1ncnc1CC(N)c1ccc(Cl)cc1C. The maximum atomic E-state index is 6.24. The molecule has 96 valence electrons. The number of hydrogen-bond acceptors (Lipinski definition) is 3. The van der Waals surface area contributed by atoms with E-state index < -0.39 is 0 Å². The van der Waals surface area contributed by atoms with Crippen molar-refractivity contribution >= 4 is 11.6 Å². The molecule has 0 radical (unpaired) electrons. The first-order valence-electron chi connectivity index (χ1n) is 6.00. The van der Waals surface area contributed by atoms with Gasteiger partial charge in [-0.2, -0.15) is 5.10 Å². The summed E-state index contributed by atoms with van der Waals surface area (Å²) in [5.74, 6) is 0.916. The Kier molecular flexibility index (Phi) is 3.99. The van der Waals surface area contributed by atoms with E-state index in [4.69, 9.17) is 17.3 Å². The number of halogens is 1. The summed E-state index contributed by atoms with van der Waals surface area (Å²) in [5.41, 5.74) is 8.45. The molecule has 0 spiro atoms. The van der Waals surface area contributed by atoms with Crippen LogP contribution in [0.15, 0.2) is 24.5 Å². The molecular formula is C13H17ClN4. The Balaban J connectivity index is 2.19. The minimum absolute atomic E-state index is 0.0863. The third kappa shape index (κ3) is 2.71. The van der Waals surface area contributed by atoms with Gasteiger partial charge >= 0.3 is 0 Å². The van der Waals surface area contributed by atoms with Gasteiger partial charge < -0.3 is 5.73 Å². The maximum Gasteiger partial charge on any atom is 0.138 e. The number of aromatic nitrogens is 3. The van der Waals surface area contributed by atoms with Crippen molar-refractivity contribution in [3.05, 3.63) is 46.5 Å². The van der Waals surface area contributed by atoms with Crippen molar-refractivity contribution in [3.8, 4) is 0 Å². The first-order valence-corrected chi connectivity index (χ1v) is 6.38. The van der Waals surface area contributed by atoms with Crippen molar-refractivity contribution < 1.29 is 0 Å². The van der Waals surface area contributed by atoms with Crippen molar-refractivity contribution in [2.45, 2.75) is 32.9 Å². The predicted molar refractivity (Wildman–Crippen MR) is 72.5 cm³/mol. The van der Waals surface area contributed by atoms with Crippen LogP contribution in [0.1, 0.15) is 29.9 Å². The zero-order valence-corrected chi connectivity index (χ0v) is 11.4. The molecule has 5 heteroatoms. The Morgan fingerprint density at radius 3 is 2.89 bits per heavy atom. The monoisotopic (exact) mass is 264 g/mol. The van der Waals surface area contributed by atoms with Gasteiger partial charge in [-0.05, 0) is 37.1 Å². The van der Waals surface area contributed by atoms with Crippen LogP contribution in [0.3, 0.4) is 0 Å². The summed E-state index contributed by atoms with van der Waals surface area (Å²) >= 11 is 5.94. The van der Waals surface area contributed by atoms with Crippen LogP contribution in [-0.4, -0.2) is 14.8 Å². The van der Waals surface area contributed by atoms with E-state index in [-0.39, 0.29) is 6.04 Å². The van der Waals surface area contributed by atoms with Gasteiger partial charge in [0.05, 0.1) is 0 Å². The van der Waals surface area contributed by atoms with Crippen LogP contribution < -0.4 is 5.73 Å². The molecule has 0 fully saturated rings. The lowest BCUT2D eigenvalue weighted by atomic mass is 9.99. The highest BCUT2D eigenvalue weighted by molar-refractivity contribution is 6.30. The molecule has 0 saturated heterocycles. The summed E-state index contributed by atoms with van der Waals surface area (Å²) in [7, 11) is 0. The molecule has 0 amide bonds. The van der Waals surface area contributed by atoms with Gasteiger partial charge in [-0.1, -0.05) is 17.7 Å². The van der Waals surface area contributed by atoms with Crippen LogP contribution >= 0.6 is 11.6 Å². The number of aryl methyl sites for hydroxylation is 2. The summed E-state index contributed by atoms with van der Waals surface area (Å²) in [6.07, 6.45) is 2.25. The van der Waals surface area contributed by atoms with Gasteiger partial charge in [0.1, 0.15) is 12.2 Å². The van der Waals surface area contributed by atoms with E-state index in [1.807, 2.05) is 36.7 Å². The fourth-order valence-corrected chi connectivity index (χ4v) is 2.30. The highest BCUT2D eigenvalue weighted by atomic mass is 35.5. The minimum Gasteiger partial charge on any atom is -0.324 e. The Labute approximate surface area is 112 Å². The lowest BCUT2D eigenvalue weighted by Gasteiger charge is -2.14. The molecule has 2 N–H and O–H groups in total. The average Bonchev–Trinajstić information content (AvgIpc) is 2.76. The van der Waals surface area contributed by atoms with Gasteiger partial charge in [0.25, 0.3) is 0 Å². The number of nitrogens with two attached hydrogens (primary N) is 1. The molecule has 18 heavy (non-hydrogen) atoms. The summed E-state index contributed by atoms with van der Waals surface area (Å²) in [4.78, 5) is 4.25. The van der Waals surface area contributed by atoms with E-state index in [2.05, 4.69) is 10.1 Å². The van der Waals surface area contributed by atoms with Gasteiger partial charge in [-0.15, -0.1) is 0 Å². The number of hydrogen-bond donors (Lipinski definition) is 1. The molecule has 1 unspecified atom stereocenters. The Morgan fingerprint density at radius 2 is 2.22 bits per heavy atom. The molecule has 1 heterocycles. The third-order valence-electron chi connectivity index (χ3n) is 3.03. The quantitative estimate of drug-likeness (QED) is 0.923. The molecule has 0 saturated carbocycles. The second-order valence-corrected chi connectivity index (χ2v) is 4.74. The van der Waals surface area contributed by atoms with Gasteiger partial charge in [0.2, 0.25) is 0 Å². The molecule has 0 aliphatic heterocycles. The highest BCUT2D eigenvalue weighted by Gasteiger charge is 2.13. The van der Waals surface area contributed by atoms with Gasteiger partial charge in [-0.25, -0.2) is 4.98 Å². The maximum absolute atomic E-state index is 6.24. The fraction of sp³-hybridized carbons (Fsp3) is 0.385. The molecule has 4 nitrogen and oxygen atoms in total. The summed E-state index contributed by atoms with van der Waals surface area (Å²) in [5, 5.41) is 4.88. The Bertz CT molecular complexity index is 536. The van der Waals surface area contributed by atoms with Gasteiger partial charge in [0.15, 0.2) is 0 Å². The van der Waals surface area contributed by atoms with Crippen LogP contribution in [0, 0.1) is 6.92 Å². The molecule has 1 aromatic heterocycles. The first kappa shape index (κ1) is 13.1.